The lowest BCUT2D eigenvalue weighted by molar-refractivity contribution is -0.144. The Morgan fingerprint density at radius 2 is 1.91 bits per heavy atom. The van der Waals surface area contributed by atoms with Gasteiger partial charge in [-0.3, -0.25) is 4.79 Å². The molecule has 5 rings (SSSR count). The molecule has 2 heterocycles. The zero-order chi connectivity index (χ0) is 25.3. The van der Waals surface area contributed by atoms with E-state index in [0.717, 1.165) is 30.6 Å². The van der Waals surface area contributed by atoms with Crippen molar-refractivity contribution >= 4 is 11.9 Å². The molecule has 2 saturated carbocycles. The third-order valence-electron chi connectivity index (χ3n) is 11.4. The Kier molecular flexibility index (Phi) is 5.80. The van der Waals surface area contributed by atoms with Crippen LogP contribution in [0.2, 0.25) is 0 Å². The summed E-state index contributed by atoms with van der Waals surface area (Å²) in [5, 5.41) is 9.52. The van der Waals surface area contributed by atoms with E-state index < -0.39 is 5.97 Å². The van der Waals surface area contributed by atoms with Gasteiger partial charge in [0.15, 0.2) is 0 Å². The Bertz CT molecular complexity index is 1070. The molecule has 4 aliphatic rings. The molecule has 1 aromatic rings. The van der Waals surface area contributed by atoms with E-state index in [1.165, 1.54) is 30.4 Å². The molecule has 0 spiro atoms. The quantitative estimate of drug-likeness (QED) is 0.450. The van der Waals surface area contributed by atoms with Gasteiger partial charge in [0, 0.05) is 24.0 Å². The number of ether oxygens (including phenoxy) is 1. The molecule has 0 amide bonds. The number of carboxylic acid groups (broad SMARTS) is 1. The number of rotatable bonds is 6. The molecular weight excluding hydrogens is 440 g/mol. The molecule has 8 atom stereocenters. The molecule has 1 aliphatic heterocycles. The molecule has 0 aromatic carbocycles. The minimum absolute atomic E-state index is 0.0737. The number of carboxylic acids is 1. The SMILES string of the molecule is CC1=C[C@@H](C[C@@H](C)[C@H]2CC[C@@]3(C)[C@@H]4Cc5occ(C)c5[C@@H](CCC(=O)O)[C@]4(C)CC[C@]23C)OC1=O. The number of esters is 1. The summed E-state index contributed by atoms with van der Waals surface area (Å²) in [5.41, 5.74) is 3.65. The van der Waals surface area contributed by atoms with Crippen LogP contribution in [0, 0.1) is 40.9 Å². The predicted molar refractivity (Wildman–Crippen MR) is 134 cm³/mol. The first kappa shape index (κ1) is 24.6. The summed E-state index contributed by atoms with van der Waals surface area (Å²) in [5.74, 6) is 1.97. The molecular formula is C30H42O5. The third-order valence-corrected chi connectivity index (χ3v) is 11.4. The summed E-state index contributed by atoms with van der Waals surface area (Å²) in [6.07, 6.45) is 11.2. The highest BCUT2D eigenvalue weighted by molar-refractivity contribution is 5.90. The van der Waals surface area contributed by atoms with Gasteiger partial charge in [-0.15, -0.1) is 0 Å². The molecule has 5 nitrogen and oxygen atoms in total. The zero-order valence-corrected chi connectivity index (χ0v) is 22.3. The van der Waals surface area contributed by atoms with Crippen LogP contribution in [0.3, 0.4) is 0 Å². The lowest BCUT2D eigenvalue weighted by Gasteiger charge is -2.64. The maximum absolute atomic E-state index is 11.9. The van der Waals surface area contributed by atoms with Gasteiger partial charge < -0.3 is 14.3 Å². The molecule has 1 N–H and O–H groups in total. The Balaban J connectivity index is 1.45. The van der Waals surface area contributed by atoms with Crippen LogP contribution >= 0.6 is 0 Å². The molecule has 192 valence electrons. The summed E-state index contributed by atoms with van der Waals surface area (Å²) in [7, 11) is 0. The fourth-order valence-corrected chi connectivity index (χ4v) is 9.39. The van der Waals surface area contributed by atoms with Crippen LogP contribution in [-0.4, -0.2) is 23.1 Å². The van der Waals surface area contributed by atoms with Crippen molar-refractivity contribution in [2.45, 2.75) is 105 Å². The topological polar surface area (TPSA) is 76.7 Å². The highest BCUT2D eigenvalue weighted by atomic mass is 16.5. The van der Waals surface area contributed by atoms with Crippen LogP contribution in [0.1, 0.15) is 102 Å². The lowest BCUT2D eigenvalue weighted by Crippen LogP contribution is -2.57. The average Bonchev–Trinajstić information content (AvgIpc) is 3.39. The van der Waals surface area contributed by atoms with Crippen molar-refractivity contribution in [2.75, 3.05) is 0 Å². The zero-order valence-electron chi connectivity index (χ0n) is 22.3. The van der Waals surface area contributed by atoms with E-state index in [9.17, 15) is 14.7 Å². The summed E-state index contributed by atoms with van der Waals surface area (Å²) >= 11 is 0. The number of hydrogen-bond donors (Lipinski definition) is 1. The summed E-state index contributed by atoms with van der Waals surface area (Å²) in [6, 6.07) is 0. The van der Waals surface area contributed by atoms with Gasteiger partial charge in [0.1, 0.15) is 11.9 Å². The summed E-state index contributed by atoms with van der Waals surface area (Å²) in [4.78, 5) is 23.5. The Labute approximate surface area is 209 Å². The van der Waals surface area contributed by atoms with E-state index in [2.05, 4.69) is 34.6 Å². The first-order chi connectivity index (χ1) is 16.4. The van der Waals surface area contributed by atoms with E-state index >= 15 is 0 Å². The van der Waals surface area contributed by atoms with E-state index in [0.29, 0.717) is 24.2 Å². The van der Waals surface area contributed by atoms with Gasteiger partial charge >= 0.3 is 11.9 Å². The Hall–Kier alpha value is -2.04. The minimum atomic E-state index is -0.711. The molecule has 35 heavy (non-hydrogen) atoms. The lowest BCUT2D eigenvalue weighted by atomic mass is 9.40. The van der Waals surface area contributed by atoms with Gasteiger partial charge in [0.2, 0.25) is 0 Å². The van der Waals surface area contributed by atoms with Gasteiger partial charge in [-0.2, -0.15) is 0 Å². The second-order valence-electron chi connectivity index (χ2n) is 13.0. The average molecular weight is 483 g/mol. The molecule has 3 aliphatic carbocycles. The number of aliphatic carboxylic acids is 1. The highest BCUT2D eigenvalue weighted by Crippen LogP contribution is 2.74. The number of aryl methyl sites for hydroxylation is 1. The second kappa shape index (κ2) is 8.24. The van der Waals surface area contributed by atoms with Gasteiger partial charge in [-0.1, -0.05) is 27.7 Å². The first-order valence-corrected chi connectivity index (χ1v) is 13.6. The number of carbonyl (C=O) groups is 2. The molecule has 1 aromatic heterocycles. The first-order valence-electron chi connectivity index (χ1n) is 13.6. The van der Waals surface area contributed by atoms with Crippen LogP contribution in [0.4, 0.5) is 0 Å². The standard InChI is InChI=1S/C30H42O5/c1-17(13-20-14-18(2)27(33)35-20)21-9-10-30(6)24-15-23-26(19(3)16-34-23)22(7-8-25(31)32)28(24,4)11-12-29(21,30)5/h14,16-17,20-22,24H,7-13,15H2,1-6H3,(H,31,32)/t17-,20-,21-,22-,24-,28+,29-,30+/m1/s1. The maximum Gasteiger partial charge on any atom is 0.334 e. The van der Waals surface area contributed by atoms with Crippen LogP contribution in [0.5, 0.6) is 0 Å². The number of carbonyl (C=O) groups excluding carboxylic acids is 1. The van der Waals surface area contributed by atoms with Crippen LogP contribution < -0.4 is 0 Å². The number of furan rings is 1. The third kappa shape index (κ3) is 3.54. The van der Waals surface area contributed by atoms with E-state index in [1.807, 2.05) is 19.3 Å². The van der Waals surface area contributed by atoms with Crippen molar-refractivity contribution in [1.82, 2.24) is 0 Å². The van der Waals surface area contributed by atoms with Crippen molar-refractivity contribution in [1.29, 1.82) is 0 Å². The van der Waals surface area contributed by atoms with Crippen LogP contribution in [-0.2, 0) is 20.7 Å². The molecule has 5 heteroatoms. The van der Waals surface area contributed by atoms with Crippen molar-refractivity contribution < 1.29 is 23.8 Å². The largest absolute Gasteiger partial charge is 0.481 e. The van der Waals surface area contributed by atoms with Crippen molar-refractivity contribution in [2.24, 2.45) is 34.0 Å². The summed E-state index contributed by atoms with van der Waals surface area (Å²) < 4.78 is 11.7. The summed E-state index contributed by atoms with van der Waals surface area (Å²) in [6.45, 7) is 13.8. The molecule has 0 radical (unpaired) electrons. The minimum Gasteiger partial charge on any atom is -0.481 e. The Morgan fingerprint density at radius 3 is 2.57 bits per heavy atom. The number of hydrogen-bond acceptors (Lipinski definition) is 4. The van der Waals surface area contributed by atoms with Crippen molar-refractivity contribution in [3.63, 3.8) is 0 Å². The number of cyclic esters (lactones) is 1. The molecule has 0 saturated heterocycles. The number of fused-ring (bicyclic) bond motifs is 4. The monoisotopic (exact) mass is 482 g/mol. The van der Waals surface area contributed by atoms with Gasteiger partial charge in [0.05, 0.1) is 6.26 Å². The van der Waals surface area contributed by atoms with Crippen molar-refractivity contribution in [3.8, 4) is 0 Å². The van der Waals surface area contributed by atoms with Crippen LogP contribution in [0.15, 0.2) is 22.3 Å². The van der Waals surface area contributed by atoms with Gasteiger partial charge in [0.25, 0.3) is 0 Å². The Morgan fingerprint density at radius 1 is 1.17 bits per heavy atom. The van der Waals surface area contributed by atoms with Crippen LogP contribution in [0.25, 0.3) is 0 Å². The predicted octanol–water partition coefficient (Wildman–Crippen LogP) is 6.83. The van der Waals surface area contributed by atoms with E-state index in [1.54, 1.807) is 0 Å². The highest BCUT2D eigenvalue weighted by Gasteiger charge is 2.67. The maximum atomic E-state index is 11.9. The molecule has 0 bridgehead atoms. The van der Waals surface area contributed by atoms with Crippen molar-refractivity contribution in [3.05, 3.63) is 34.8 Å². The van der Waals surface area contributed by atoms with Gasteiger partial charge in [-0.25, -0.2) is 4.79 Å². The van der Waals surface area contributed by atoms with Gasteiger partial charge in [-0.05, 0) is 104 Å². The molecule has 0 unspecified atom stereocenters. The molecule has 2 fully saturated rings. The fourth-order valence-electron chi connectivity index (χ4n) is 9.39. The normalized spacial score (nSPS) is 41.0. The van der Waals surface area contributed by atoms with E-state index in [-0.39, 0.29) is 40.7 Å². The second-order valence-corrected chi connectivity index (χ2v) is 13.0. The fraction of sp³-hybridized carbons (Fsp3) is 0.733. The van der Waals surface area contributed by atoms with E-state index in [4.69, 9.17) is 9.15 Å². The smallest absolute Gasteiger partial charge is 0.334 e.